The van der Waals surface area contributed by atoms with Crippen molar-refractivity contribution in [1.82, 2.24) is 15.3 Å². The largest absolute Gasteiger partial charge is 0.354 e. The van der Waals surface area contributed by atoms with Gasteiger partial charge in [-0.15, -0.1) is 0 Å². The molecule has 4 nitrogen and oxygen atoms in total. The third kappa shape index (κ3) is 3.35. The molecule has 20 heavy (non-hydrogen) atoms. The van der Waals surface area contributed by atoms with E-state index in [9.17, 15) is 0 Å². The maximum Gasteiger partial charge on any atom is 0.222 e. The molecule has 1 saturated heterocycles. The molecule has 1 atom stereocenters. The quantitative estimate of drug-likeness (QED) is 0.903. The lowest BCUT2D eigenvalue weighted by atomic mass is 10.1. The van der Waals surface area contributed by atoms with Crippen molar-refractivity contribution in [3.8, 4) is 11.1 Å². The third-order valence-electron chi connectivity index (χ3n) is 3.52. The van der Waals surface area contributed by atoms with Crippen LogP contribution in [0, 0.1) is 5.92 Å². The van der Waals surface area contributed by atoms with Gasteiger partial charge in [-0.3, -0.25) is 0 Å². The summed E-state index contributed by atoms with van der Waals surface area (Å²) in [6.45, 7) is 3.14. The van der Waals surface area contributed by atoms with Crippen LogP contribution in [-0.4, -0.2) is 29.6 Å². The Morgan fingerprint density at radius 3 is 2.80 bits per heavy atom. The Morgan fingerprint density at radius 2 is 2.10 bits per heavy atom. The second-order valence-electron chi connectivity index (χ2n) is 5.05. The number of nitrogens with one attached hydrogen (secondary N) is 2. The van der Waals surface area contributed by atoms with Gasteiger partial charge >= 0.3 is 0 Å². The minimum Gasteiger partial charge on any atom is -0.354 e. The highest BCUT2D eigenvalue weighted by molar-refractivity contribution is 9.10. The predicted molar refractivity (Wildman–Crippen MR) is 84.6 cm³/mol. The summed E-state index contributed by atoms with van der Waals surface area (Å²) in [5.74, 6) is 1.39. The van der Waals surface area contributed by atoms with Gasteiger partial charge in [0, 0.05) is 29.0 Å². The van der Waals surface area contributed by atoms with Crippen molar-refractivity contribution in [2.24, 2.45) is 5.92 Å². The minimum absolute atomic E-state index is 0.684. The molecule has 104 valence electrons. The van der Waals surface area contributed by atoms with E-state index in [4.69, 9.17) is 0 Å². The number of hydrogen-bond acceptors (Lipinski definition) is 4. The van der Waals surface area contributed by atoms with Gasteiger partial charge in [0.1, 0.15) is 0 Å². The van der Waals surface area contributed by atoms with Gasteiger partial charge in [0.05, 0.1) is 0 Å². The molecular formula is C15H17BrN4. The standard InChI is InChI=1S/C15H17BrN4/c16-14-3-1-2-12(6-14)13-9-19-15(20-10-13)18-8-11-4-5-17-7-11/h1-3,6,9-11,17H,4-5,7-8H2,(H,18,19,20). The van der Waals surface area contributed by atoms with Crippen molar-refractivity contribution in [3.63, 3.8) is 0 Å². The first-order valence-electron chi connectivity index (χ1n) is 6.84. The molecule has 1 fully saturated rings. The van der Waals surface area contributed by atoms with Gasteiger partial charge < -0.3 is 10.6 Å². The summed E-state index contributed by atoms with van der Waals surface area (Å²) in [5, 5.41) is 6.66. The number of benzene rings is 1. The fraction of sp³-hybridized carbons (Fsp3) is 0.333. The van der Waals surface area contributed by atoms with Crippen LogP contribution < -0.4 is 10.6 Å². The third-order valence-corrected chi connectivity index (χ3v) is 4.01. The average molecular weight is 333 g/mol. The first-order chi connectivity index (χ1) is 9.81. The van der Waals surface area contributed by atoms with Crippen molar-refractivity contribution in [1.29, 1.82) is 0 Å². The van der Waals surface area contributed by atoms with E-state index in [-0.39, 0.29) is 0 Å². The fourth-order valence-electron chi connectivity index (χ4n) is 2.36. The van der Waals surface area contributed by atoms with Gasteiger partial charge in [0.2, 0.25) is 5.95 Å². The molecule has 0 aliphatic carbocycles. The molecule has 0 saturated carbocycles. The Balaban J connectivity index is 1.65. The summed E-state index contributed by atoms with van der Waals surface area (Å²) in [5.41, 5.74) is 2.14. The van der Waals surface area contributed by atoms with E-state index in [0.29, 0.717) is 11.9 Å². The number of hydrogen-bond donors (Lipinski definition) is 2. The highest BCUT2D eigenvalue weighted by Crippen LogP contribution is 2.22. The molecule has 2 heterocycles. The average Bonchev–Trinajstić information content (AvgIpc) is 2.99. The molecule has 0 radical (unpaired) electrons. The van der Waals surface area contributed by atoms with Gasteiger partial charge in [-0.25, -0.2) is 9.97 Å². The first-order valence-corrected chi connectivity index (χ1v) is 7.63. The Morgan fingerprint density at radius 1 is 1.25 bits per heavy atom. The highest BCUT2D eigenvalue weighted by atomic mass is 79.9. The van der Waals surface area contributed by atoms with Gasteiger partial charge in [0.15, 0.2) is 0 Å². The number of anilines is 1. The van der Waals surface area contributed by atoms with E-state index in [1.54, 1.807) is 0 Å². The summed E-state index contributed by atoms with van der Waals surface area (Å²) in [6, 6.07) is 8.14. The molecule has 0 spiro atoms. The molecule has 5 heteroatoms. The van der Waals surface area contributed by atoms with Crippen molar-refractivity contribution >= 4 is 21.9 Å². The summed E-state index contributed by atoms with van der Waals surface area (Å²) in [4.78, 5) is 8.78. The lowest BCUT2D eigenvalue weighted by Crippen LogP contribution is -2.18. The Kier molecular flexibility index (Phi) is 4.28. The second kappa shape index (κ2) is 6.33. The molecule has 3 rings (SSSR count). The van der Waals surface area contributed by atoms with E-state index in [2.05, 4.69) is 48.7 Å². The summed E-state index contributed by atoms with van der Waals surface area (Å²) >= 11 is 3.48. The van der Waals surface area contributed by atoms with Crippen LogP contribution in [-0.2, 0) is 0 Å². The van der Waals surface area contributed by atoms with Crippen LogP contribution in [0.1, 0.15) is 6.42 Å². The first kappa shape index (κ1) is 13.5. The molecule has 2 aromatic rings. The maximum absolute atomic E-state index is 4.39. The molecular weight excluding hydrogens is 316 g/mol. The zero-order valence-corrected chi connectivity index (χ0v) is 12.7. The Hall–Kier alpha value is -1.46. The van der Waals surface area contributed by atoms with E-state index in [1.807, 2.05) is 24.5 Å². The van der Waals surface area contributed by atoms with Crippen molar-refractivity contribution in [2.75, 3.05) is 25.0 Å². The molecule has 1 aromatic carbocycles. The zero-order chi connectivity index (χ0) is 13.8. The summed E-state index contributed by atoms with van der Waals surface area (Å²) in [7, 11) is 0. The summed E-state index contributed by atoms with van der Waals surface area (Å²) in [6.07, 6.45) is 4.96. The van der Waals surface area contributed by atoms with Crippen LogP contribution in [0.2, 0.25) is 0 Å². The Bertz CT molecular complexity index is 564. The van der Waals surface area contributed by atoms with Gasteiger partial charge in [0.25, 0.3) is 0 Å². The van der Waals surface area contributed by atoms with Crippen molar-refractivity contribution in [3.05, 3.63) is 41.1 Å². The Labute approximate surface area is 127 Å². The normalized spacial score (nSPS) is 18.1. The number of aromatic nitrogens is 2. The SMILES string of the molecule is Brc1cccc(-c2cnc(NCC3CCNC3)nc2)c1. The van der Waals surface area contributed by atoms with Crippen molar-refractivity contribution < 1.29 is 0 Å². The van der Waals surface area contributed by atoms with Crippen molar-refractivity contribution in [2.45, 2.75) is 6.42 Å². The van der Waals surface area contributed by atoms with Crippen LogP contribution in [0.15, 0.2) is 41.1 Å². The monoisotopic (exact) mass is 332 g/mol. The van der Waals surface area contributed by atoms with E-state index in [0.717, 1.165) is 35.2 Å². The van der Waals surface area contributed by atoms with Crippen LogP contribution in [0.5, 0.6) is 0 Å². The topological polar surface area (TPSA) is 49.8 Å². The van der Waals surface area contributed by atoms with Crippen LogP contribution in [0.3, 0.4) is 0 Å². The zero-order valence-electron chi connectivity index (χ0n) is 11.1. The number of rotatable bonds is 4. The lowest BCUT2D eigenvalue weighted by Gasteiger charge is -2.10. The molecule has 1 aromatic heterocycles. The van der Waals surface area contributed by atoms with Gasteiger partial charge in [-0.1, -0.05) is 28.1 Å². The second-order valence-corrected chi connectivity index (χ2v) is 5.96. The smallest absolute Gasteiger partial charge is 0.222 e. The van der Waals surface area contributed by atoms with E-state index < -0.39 is 0 Å². The number of nitrogens with zero attached hydrogens (tertiary/aromatic N) is 2. The molecule has 2 N–H and O–H groups in total. The van der Waals surface area contributed by atoms with E-state index in [1.165, 1.54) is 6.42 Å². The molecule has 1 aliphatic rings. The number of halogens is 1. The molecule has 1 unspecified atom stereocenters. The molecule has 0 bridgehead atoms. The highest BCUT2D eigenvalue weighted by Gasteiger charge is 2.14. The van der Waals surface area contributed by atoms with Crippen LogP contribution in [0.25, 0.3) is 11.1 Å². The van der Waals surface area contributed by atoms with Gasteiger partial charge in [-0.2, -0.15) is 0 Å². The van der Waals surface area contributed by atoms with Crippen LogP contribution in [0.4, 0.5) is 5.95 Å². The summed E-state index contributed by atoms with van der Waals surface area (Å²) < 4.78 is 1.06. The minimum atomic E-state index is 0.684. The van der Waals surface area contributed by atoms with Gasteiger partial charge in [-0.05, 0) is 43.1 Å². The van der Waals surface area contributed by atoms with Crippen LogP contribution >= 0.6 is 15.9 Å². The fourth-order valence-corrected chi connectivity index (χ4v) is 2.76. The molecule has 1 aliphatic heterocycles. The molecule has 0 amide bonds. The van der Waals surface area contributed by atoms with E-state index >= 15 is 0 Å². The predicted octanol–water partition coefficient (Wildman–Crippen LogP) is 2.93. The lowest BCUT2D eigenvalue weighted by molar-refractivity contribution is 0.613. The maximum atomic E-state index is 4.39.